The minimum atomic E-state index is -0.618. The van der Waals surface area contributed by atoms with Gasteiger partial charge in [0.05, 0.1) is 18.8 Å². The fourth-order valence-electron chi connectivity index (χ4n) is 1.88. The van der Waals surface area contributed by atoms with Crippen LogP contribution in [0.3, 0.4) is 0 Å². The smallest absolute Gasteiger partial charge is 0.359 e. The molecule has 0 spiro atoms. The van der Waals surface area contributed by atoms with Crippen molar-refractivity contribution in [1.29, 1.82) is 0 Å². The van der Waals surface area contributed by atoms with E-state index in [1.807, 2.05) is 19.1 Å². The summed E-state index contributed by atoms with van der Waals surface area (Å²) >= 11 is 0. The number of benzene rings is 1. The number of ether oxygens (including phenoxy) is 2. The van der Waals surface area contributed by atoms with Gasteiger partial charge in [0.2, 0.25) is 0 Å². The first-order chi connectivity index (χ1) is 10.2. The minimum absolute atomic E-state index is 0.00171. The number of aromatic nitrogens is 2. The lowest BCUT2D eigenvalue weighted by Crippen LogP contribution is -2.08. The van der Waals surface area contributed by atoms with Gasteiger partial charge < -0.3 is 9.47 Å². The molecule has 1 aromatic carbocycles. The van der Waals surface area contributed by atoms with Gasteiger partial charge in [0.15, 0.2) is 12.0 Å². The lowest BCUT2D eigenvalue weighted by molar-refractivity contribution is 0.0517. The zero-order valence-corrected chi connectivity index (χ0v) is 11.9. The molecule has 0 saturated carbocycles. The van der Waals surface area contributed by atoms with Crippen LogP contribution >= 0.6 is 0 Å². The summed E-state index contributed by atoms with van der Waals surface area (Å²) in [5.41, 5.74) is 0.830. The van der Waals surface area contributed by atoms with E-state index in [0.29, 0.717) is 24.3 Å². The average Bonchev–Trinajstić information content (AvgIpc) is 2.92. The van der Waals surface area contributed by atoms with Gasteiger partial charge in [-0.2, -0.15) is 5.10 Å². The van der Waals surface area contributed by atoms with Gasteiger partial charge in [-0.25, -0.2) is 9.48 Å². The summed E-state index contributed by atoms with van der Waals surface area (Å²) in [4.78, 5) is 22.9. The van der Waals surface area contributed by atoms with Crippen molar-refractivity contribution in [2.24, 2.45) is 0 Å². The van der Waals surface area contributed by atoms with E-state index in [1.54, 1.807) is 19.1 Å². The molecule has 0 unspecified atom stereocenters. The Morgan fingerprint density at radius 3 is 2.71 bits per heavy atom. The molecular formula is C15H16N2O4. The van der Waals surface area contributed by atoms with Crippen LogP contribution in [0, 0.1) is 0 Å². The molecule has 21 heavy (non-hydrogen) atoms. The second-order valence-corrected chi connectivity index (χ2v) is 4.12. The molecule has 110 valence electrons. The topological polar surface area (TPSA) is 70.4 Å². The normalized spacial score (nSPS) is 10.2. The second-order valence-electron chi connectivity index (χ2n) is 4.12. The van der Waals surface area contributed by atoms with Gasteiger partial charge in [0, 0.05) is 6.20 Å². The summed E-state index contributed by atoms with van der Waals surface area (Å²) in [5, 5.41) is 4.14. The number of aldehydes is 1. The molecule has 0 amide bonds. The van der Waals surface area contributed by atoms with E-state index < -0.39 is 5.97 Å². The van der Waals surface area contributed by atoms with Gasteiger partial charge in [-0.15, -0.1) is 0 Å². The van der Waals surface area contributed by atoms with Crippen molar-refractivity contribution < 1.29 is 19.1 Å². The van der Waals surface area contributed by atoms with Gasteiger partial charge in [-0.1, -0.05) is 12.1 Å². The molecule has 1 heterocycles. The Hall–Kier alpha value is -2.63. The maximum absolute atomic E-state index is 11.8. The molecule has 0 aliphatic carbocycles. The monoisotopic (exact) mass is 288 g/mol. The van der Waals surface area contributed by atoms with Crippen molar-refractivity contribution >= 4 is 12.3 Å². The third-order valence-corrected chi connectivity index (χ3v) is 2.75. The third-order valence-electron chi connectivity index (χ3n) is 2.75. The first kappa shape index (κ1) is 14.8. The van der Waals surface area contributed by atoms with E-state index in [9.17, 15) is 9.59 Å². The van der Waals surface area contributed by atoms with E-state index in [4.69, 9.17) is 9.47 Å². The summed E-state index contributed by atoms with van der Waals surface area (Å²) in [5.74, 6) is 0.00241. The number of para-hydroxylation sites is 2. The maximum Gasteiger partial charge on any atom is 0.359 e. The van der Waals surface area contributed by atoms with Crippen LogP contribution in [-0.4, -0.2) is 35.2 Å². The van der Waals surface area contributed by atoms with Crippen LogP contribution in [0.1, 0.15) is 34.7 Å². The average molecular weight is 288 g/mol. The van der Waals surface area contributed by atoms with E-state index >= 15 is 0 Å². The molecule has 6 heteroatoms. The summed E-state index contributed by atoms with van der Waals surface area (Å²) in [6, 6.07) is 7.25. The molecular weight excluding hydrogens is 272 g/mol. The van der Waals surface area contributed by atoms with Crippen molar-refractivity contribution in [3.8, 4) is 11.4 Å². The minimum Gasteiger partial charge on any atom is -0.492 e. The highest BCUT2D eigenvalue weighted by atomic mass is 16.5. The van der Waals surface area contributed by atoms with Crippen LogP contribution < -0.4 is 4.74 Å². The Labute approximate surface area is 122 Å². The van der Waals surface area contributed by atoms with Crippen molar-refractivity contribution in [2.45, 2.75) is 13.8 Å². The van der Waals surface area contributed by atoms with Gasteiger partial charge in [0.25, 0.3) is 0 Å². The summed E-state index contributed by atoms with van der Waals surface area (Å²) in [7, 11) is 0. The van der Waals surface area contributed by atoms with E-state index in [0.717, 1.165) is 0 Å². The number of rotatable bonds is 6. The Balaban J connectivity index is 2.46. The molecule has 0 N–H and O–H groups in total. The highest BCUT2D eigenvalue weighted by Gasteiger charge is 2.19. The van der Waals surface area contributed by atoms with Crippen LogP contribution in [0.2, 0.25) is 0 Å². The number of hydrogen-bond acceptors (Lipinski definition) is 5. The van der Waals surface area contributed by atoms with Crippen molar-refractivity contribution in [1.82, 2.24) is 9.78 Å². The van der Waals surface area contributed by atoms with Crippen molar-refractivity contribution in [3.63, 3.8) is 0 Å². The Morgan fingerprint density at radius 1 is 1.29 bits per heavy atom. The molecule has 0 bridgehead atoms. The lowest BCUT2D eigenvalue weighted by Gasteiger charge is -2.09. The molecule has 0 atom stereocenters. The predicted molar refractivity (Wildman–Crippen MR) is 76.1 cm³/mol. The summed E-state index contributed by atoms with van der Waals surface area (Å²) in [6.07, 6.45) is 2.07. The lowest BCUT2D eigenvalue weighted by atomic mass is 10.2. The zero-order chi connectivity index (χ0) is 15.2. The number of hydrogen-bond donors (Lipinski definition) is 0. The Bertz CT molecular complexity index is 649. The highest BCUT2D eigenvalue weighted by molar-refractivity contribution is 5.96. The summed E-state index contributed by atoms with van der Waals surface area (Å²) in [6.45, 7) is 4.30. The van der Waals surface area contributed by atoms with Crippen molar-refractivity contribution in [2.75, 3.05) is 13.2 Å². The van der Waals surface area contributed by atoms with Gasteiger partial charge in [-0.3, -0.25) is 4.79 Å². The van der Waals surface area contributed by atoms with Crippen molar-refractivity contribution in [3.05, 3.63) is 41.7 Å². The number of nitrogens with zero attached hydrogens (tertiary/aromatic N) is 2. The molecule has 2 aromatic rings. The van der Waals surface area contributed by atoms with E-state index in [1.165, 1.54) is 10.9 Å². The molecule has 0 aliphatic heterocycles. The second kappa shape index (κ2) is 6.69. The number of carbonyl (C=O) groups excluding carboxylic acids is 2. The molecule has 0 radical (unpaired) electrons. The number of esters is 1. The molecule has 0 saturated heterocycles. The van der Waals surface area contributed by atoms with E-state index in [-0.39, 0.29) is 17.9 Å². The quantitative estimate of drug-likeness (QED) is 0.602. The van der Waals surface area contributed by atoms with Crippen LogP contribution in [0.15, 0.2) is 30.5 Å². The zero-order valence-electron chi connectivity index (χ0n) is 11.9. The molecule has 1 aromatic heterocycles. The van der Waals surface area contributed by atoms with Gasteiger partial charge >= 0.3 is 5.97 Å². The van der Waals surface area contributed by atoms with Crippen LogP contribution in [0.25, 0.3) is 5.69 Å². The van der Waals surface area contributed by atoms with Gasteiger partial charge in [-0.05, 0) is 26.0 Å². The van der Waals surface area contributed by atoms with Crippen LogP contribution in [-0.2, 0) is 4.74 Å². The standard InChI is InChI=1S/C15H16N2O4/c1-3-20-13-8-6-5-7-12(13)17-9-11(10-18)14(16-17)15(19)21-4-2/h5-10H,3-4H2,1-2H3. The highest BCUT2D eigenvalue weighted by Crippen LogP contribution is 2.23. The SMILES string of the molecule is CCOC(=O)c1nn(-c2ccccc2OCC)cc1C=O. The first-order valence-corrected chi connectivity index (χ1v) is 6.65. The number of carbonyl (C=O) groups is 2. The molecule has 2 rings (SSSR count). The Morgan fingerprint density at radius 2 is 2.05 bits per heavy atom. The largest absolute Gasteiger partial charge is 0.492 e. The van der Waals surface area contributed by atoms with Crippen LogP contribution in [0.4, 0.5) is 0 Å². The fourth-order valence-corrected chi connectivity index (χ4v) is 1.88. The van der Waals surface area contributed by atoms with Gasteiger partial charge in [0.1, 0.15) is 11.4 Å². The predicted octanol–water partition coefficient (Wildman–Crippen LogP) is 2.26. The molecule has 0 aliphatic rings. The molecule has 6 nitrogen and oxygen atoms in total. The fraction of sp³-hybridized carbons (Fsp3) is 0.267. The first-order valence-electron chi connectivity index (χ1n) is 6.65. The van der Waals surface area contributed by atoms with Crippen LogP contribution in [0.5, 0.6) is 5.75 Å². The summed E-state index contributed by atoms with van der Waals surface area (Å²) < 4.78 is 11.9. The third kappa shape index (κ3) is 3.10. The van der Waals surface area contributed by atoms with E-state index in [2.05, 4.69) is 5.10 Å². The maximum atomic E-state index is 11.8. The molecule has 0 fully saturated rings. The Kier molecular flexibility index (Phi) is 4.71.